The van der Waals surface area contributed by atoms with E-state index in [1.165, 1.54) is 18.9 Å². The highest BCUT2D eigenvalue weighted by Crippen LogP contribution is 2.25. The average Bonchev–Trinajstić information content (AvgIpc) is 2.95. The normalized spacial score (nSPS) is 20.7. The van der Waals surface area contributed by atoms with E-state index in [-0.39, 0.29) is 17.9 Å². The fourth-order valence-corrected chi connectivity index (χ4v) is 3.67. The van der Waals surface area contributed by atoms with Gasteiger partial charge in [-0.05, 0) is 42.7 Å². The van der Waals surface area contributed by atoms with Crippen LogP contribution >= 0.6 is 0 Å². The third kappa shape index (κ3) is 3.37. The number of nitrogens with zero attached hydrogens (tertiary/aromatic N) is 2. The Kier molecular flexibility index (Phi) is 4.40. The van der Waals surface area contributed by atoms with Crippen molar-refractivity contribution in [3.63, 3.8) is 0 Å². The van der Waals surface area contributed by atoms with E-state index in [0.717, 1.165) is 35.4 Å². The van der Waals surface area contributed by atoms with Gasteiger partial charge in [-0.3, -0.25) is 0 Å². The second kappa shape index (κ2) is 6.84. The lowest BCUT2D eigenvalue weighted by Gasteiger charge is -2.29. The first-order valence-corrected chi connectivity index (χ1v) is 8.92. The summed E-state index contributed by atoms with van der Waals surface area (Å²) in [5.74, 6) is 0.596. The van der Waals surface area contributed by atoms with E-state index in [9.17, 15) is 4.39 Å². The first-order valence-electron chi connectivity index (χ1n) is 8.92. The zero-order chi connectivity index (χ0) is 17.2. The maximum absolute atomic E-state index is 13.6. The molecule has 130 valence electrons. The zero-order valence-corrected chi connectivity index (χ0v) is 14.2. The first-order chi connectivity index (χ1) is 12.2. The minimum Gasteiger partial charge on any atom is -0.351 e. The van der Waals surface area contributed by atoms with Crippen molar-refractivity contribution in [2.24, 2.45) is 5.73 Å². The van der Waals surface area contributed by atoms with E-state index in [2.05, 4.69) is 9.88 Å². The molecule has 0 unspecified atom stereocenters. The first kappa shape index (κ1) is 16.1. The molecule has 0 radical (unpaired) electrons. The van der Waals surface area contributed by atoms with Gasteiger partial charge in [0.25, 0.3) is 0 Å². The van der Waals surface area contributed by atoms with E-state index in [0.29, 0.717) is 6.54 Å². The highest BCUT2D eigenvalue weighted by atomic mass is 19.1. The molecule has 1 heterocycles. The molecule has 0 aliphatic heterocycles. The maximum atomic E-state index is 13.6. The molecule has 25 heavy (non-hydrogen) atoms. The summed E-state index contributed by atoms with van der Waals surface area (Å²) in [7, 11) is 0. The van der Waals surface area contributed by atoms with Crippen LogP contribution in [0.5, 0.6) is 0 Å². The van der Waals surface area contributed by atoms with E-state index in [4.69, 9.17) is 10.7 Å². The molecular formula is C20H23FN4. The van der Waals surface area contributed by atoms with Crippen LogP contribution < -0.4 is 11.1 Å². The van der Waals surface area contributed by atoms with Gasteiger partial charge >= 0.3 is 0 Å². The molecule has 0 bridgehead atoms. The molecule has 4 rings (SSSR count). The Morgan fingerprint density at radius 1 is 1.12 bits per heavy atom. The Hall–Kier alpha value is -2.40. The number of anilines is 1. The highest BCUT2D eigenvalue weighted by Gasteiger charge is 2.23. The van der Waals surface area contributed by atoms with Crippen molar-refractivity contribution in [3.05, 3.63) is 59.9 Å². The summed E-state index contributed by atoms with van der Waals surface area (Å²) >= 11 is 0. The SMILES string of the molecule is N[C@H]1CCCC[C@H]1Nc1nc2ccccc2n1Cc1cccc(F)c1. The molecule has 5 heteroatoms. The molecule has 1 aliphatic carbocycles. The molecule has 0 saturated heterocycles. The van der Waals surface area contributed by atoms with Crippen LogP contribution in [0.15, 0.2) is 48.5 Å². The second-order valence-corrected chi connectivity index (χ2v) is 6.84. The third-order valence-electron chi connectivity index (χ3n) is 5.02. The summed E-state index contributed by atoms with van der Waals surface area (Å²) < 4.78 is 15.7. The van der Waals surface area contributed by atoms with Gasteiger partial charge in [-0.1, -0.05) is 37.1 Å². The lowest BCUT2D eigenvalue weighted by atomic mass is 9.91. The number of rotatable bonds is 4. The van der Waals surface area contributed by atoms with E-state index >= 15 is 0 Å². The Balaban J connectivity index is 1.70. The van der Waals surface area contributed by atoms with Gasteiger partial charge in [-0.25, -0.2) is 9.37 Å². The van der Waals surface area contributed by atoms with Crippen LogP contribution in [-0.4, -0.2) is 21.6 Å². The fourth-order valence-electron chi connectivity index (χ4n) is 3.67. The Morgan fingerprint density at radius 3 is 2.80 bits per heavy atom. The molecule has 4 nitrogen and oxygen atoms in total. The van der Waals surface area contributed by atoms with Crippen molar-refractivity contribution < 1.29 is 4.39 Å². The molecule has 0 amide bonds. The Bertz CT molecular complexity index is 873. The zero-order valence-electron chi connectivity index (χ0n) is 14.2. The summed E-state index contributed by atoms with van der Waals surface area (Å²) in [6.07, 6.45) is 4.49. The van der Waals surface area contributed by atoms with E-state index < -0.39 is 0 Å². The molecule has 1 saturated carbocycles. The average molecular weight is 338 g/mol. The van der Waals surface area contributed by atoms with Crippen molar-refractivity contribution >= 4 is 17.0 Å². The van der Waals surface area contributed by atoms with Gasteiger partial charge in [-0.15, -0.1) is 0 Å². The van der Waals surface area contributed by atoms with Crippen LogP contribution in [-0.2, 0) is 6.54 Å². The molecule has 3 aromatic rings. The molecule has 2 atom stereocenters. The van der Waals surface area contributed by atoms with Gasteiger partial charge in [0, 0.05) is 12.1 Å². The van der Waals surface area contributed by atoms with Crippen molar-refractivity contribution in [3.8, 4) is 0 Å². The number of imidazole rings is 1. The molecule has 1 fully saturated rings. The van der Waals surface area contributed by atoms with Crippen LogP contribution in [0.3, 0.4) is 0 Å². The van der Waals surface area contributed by atoms with Gasteiger partial charge in [-0.2, -0.15) is 0 Å². The van der Waals surface area contributed by atoms with Gasteiger partial charge in [0.15, 0.2) is 0 Å². The number of hydrogen-bond donors (Lipinski definition) is 2. The summed E-state index contributed by atoms with van der Waals surface area (Å²) in [6, 6.07) is 15.1. The molecule has 0 spiro atoms. The van der Waals surface area contributed by atoms with Gasteiger partial charge in [0.1, 0.15) is 5.82 Å². The molecule has 1 aliphatic rings. The summed E-state index contributed by atoms with van der Waals surface area (Å²) in [5, 5.41) is 3.56. The summed E-state index contributed by atoms with van der Waals surface area (Å²) in [6.45, 7) is 0.572. The number of fused-ring (bicyclic) bond motifs is 1. The van der Waals surface area contributed by atoms with Crippen LogP contribution in [0, 0.1) is 5.82 Å². The number of nitrogens with two attached hydrogens (primary N) is 1. The van der Waals surface area contributed by atoms with Gasteiger partial charge in [0.05, 0.1) is 17.6 Å². The lowest BCUT2D eigenvalue weighted by molar-refractivity contribution is 0.401. The molecular weight excluding hydrogens is 315 g/mol. The number of hydrogen-bond acceptors (Lipinski definition) is 3. The minimum absolute atomic E-state index is 0.149. The summed E-state index contributed by atoms with van der Waals surface area (Å²) in [4.78, 5) is 4.76. The van der Waals surface area contributed by atoms with Crippen LogP contribution in [0.2, 0.25) is 0 Å². The number of nitrogens with one attached hydrogen (secondary N) is 1. The number of halogens is 1. The van der Waals surface area contributed by atoms with Crippen molar-refractivity contribution in [1.29, 1.82) is 0 Å². The van der Waals surface area contributed by atoms with Crippen LogP contribution in [0.25, 0.3) is 11.0 Å². The minimum atomic E-state index is -0.217. The van der Waals surface area contributed by atoms with Gasteiger partial charge in [0.2, 0.25) is 5.95 Å². The van der Waals surface area contributed by atoms with E-state index in [1.807, 2.05) is 30.3 Å². The lowest BCUT2D eigenvalue weighted by Crippen LogP contribution is -2.43. The maximum Gasteiger partial charge on any atom is 0.204 e. The monoisotopic (exact) mass is 338 g/mol. The van der Waals surface area contributed by atoms with E-state index in [1.54, 1.807) is 12.1 Å². The number of para-hydroxylation sites is 2. The highest BCUT2D eigenvalue weighted by molar-refractivity contribution is 5.78. The van der Waals surface area contributed by atoms with Crippen molar-refractivity contribution in [2.45, 2.75) is 44.3 Å². The van der Waals surface area contributed by atoms with Crippen LogP contribution in [0.4, 0.5) is 10.3 Å². The molecule has 1 aromatic heterocycles. The third-order valence-corrected chi connectivity index (χ3v) is 5.02. The fraction of sp³-hybridized carbons (Fsp3) is 0.350. The second-order valence-electron chi connectivity index (χ2n) is 6.84. The molecule has 2 aromatic carbocycles. The smallest absolute Gasteiger partial charge is 0.204 e. The standard InChI is InChI=1S/C20H23FN4/c21-15-7-5-6-14(12-15)13-25-19-11-4-3-10-18(19)24-20(25)23-17-9-2-1-8-16(17)22/h3-7,10-12,16-17H,1-2,8-9,13,22H2,(H,23,24)/t16-,17+/m0/s1. The summed E-state index contributed by atoms with van der Waals surface area (Å²) in [5.41, 5.74) is 9.19. The van der Waals surface area contributed by atoms with Crippen LogP contribution in [0.1, 0.15) is 31.2 Å². The predicted molar refractivity (Wildman–Crippen MR) is 99.1 cm³/mol. The largest absolute Gasteiger partial charge is 0.351 e. The Morgan fingerprint density at radius 2 is 1.96 bits per heavy atom. The predicted octanol–water partition coefficient (Wildman–Crippen LogP) is 3.91. The molecule has 3 N–H and O–H groups in total. The van der Waals surface area contributed by atoms with Crippen molar-refractivity contribution in [1.82, 2.24) is 9.55 Å². The van der Waals surface area contributed by atoms with Gasteiger partial charge < -0.3 is 15.6 Å². The quantitative estimate of drug-likeness (QED) is 0.758. The Labute approximate surface area is 146 Å². The topological polar surface area (TPSA) is 55.9 Å². The number of benzene rings is 2. The van der Waals surface area contributed by atoms with Crippen molar-refractivity contribution in [2.75, 3.05) is 5.32 Å². The number of aromatic nitrogens is 2.